The van der Waals surface area contributed by atoms with E-state index in [-0.39, 0.29) is 18.2 Å². The Balaban J connectivity index is 2.02. The maximum atomic E-state index is 11.3. The molecule has 0 saturated carbocycles. The van der Waals surface area contributed by atoms with Gasteiger partial charge in [0.2, 0.25) is 0 Å². The van der Waals surface area contributed by atoms with Crippen molar-refractivity contribution >= 4 is 6.09 Å². The first kappa shape index (κ1) is 8.56. The molecule has 0 radical (unpaired) electrons. The second kappa shape index (κ2) is 3.38. The molecule has 1 saturated heterocycles. The summed E-state index contributed by atoms with van der Waals surface area (Å²) in [6, 6.07) is 0.0732. The molecular weight excluding hydrogens is 170 g/mol. The van der Waals surface area contributed by atoms with Crippen molar-refractivity contribution < 1.29 is 14.4 Å². The number of hydrogen-bond acceptors (Lipinski definition) is 3. The Morgan fingerprint density at radius 2 is 2.46 bits per heavy atom. The average Bonchev–Trinajstić information content (AvgIpc) is 2.20. The van der Waals surface area contributed by atoms with E-state index in [9.17, 15) is 4.79 Å². The van der Waals surface area contributed by atoms with E-state index >= 15 is 0 Å². The van der Waals surface area contributed by atoms with Crippen LogP contribution in [0.2, 0.25) is 0 Å². The van der Waals surface area contributed by atoms with Crippen LogP contribution in [-0.2, 0) is 9.57 Å². The number of rotatable bonds is 1. The molecule has 2 aliphatic heterocycles. The van der Waals surface area contributed by atoms with Crippen LogP contribution in [0.25, 0.3) is 0 Å². The third-order valence-corrected chi connectivity index (χ3v) is 2.29. The minimum atomic E-state index is -0.374. The highest BCUT2D eigenvalue weighted by molar-refractivity contribution is 5.67. The number of hydroxylamine groups is 2. The van der Waals surface area contributed by atoms with Crippen LogP contribution in [-0.4, -0.2) is 29.9 Å². The lowest BCUT2D eigenvalue weighted by molar-refractivity contribution is -0.208. The maximum absolute atomic E-state index is 11.3. The Kier molecular flexibility index (Phi) is 2.22. The van der Waals surface area contributed by atoms with Gasteiger partial charge in [-0.05, 0) is 19.8 Å². The standard InChI is InChI=1S/C9H13NO3/c1-2-12-9(11)10-7-3-5-8(13-10)6-4-7/h3,5,7-8H,2,4,6H2,1H3/t7-,8+/m1/s1. The molecule has 1 amide bonds. The molecule has 2 atom stereocenters. The van der Waals surface area contributed by atoms with Gasteiger partial charge in [-0.1, -0.05) is 12.2 Å². The normalized spacial score (nSPS) is 30.7. The molecule has 0 spiro atoms. The van der Waals surface area contributed by atoms with Gasteiger partial charge in [0, 0.05) is 0 Å². The van der Waals surface area contributed by atoms with Crippen LogP contribution in [0.5, 0.6) is 0 Å². The van der Waals surface area contributed by atoms with Crippen LogP contribution in [0.3, 0.4) is 0 Å². The zero-order valence-corrected chi connectivity index (χ0v) is 7.60. The number of amides is 1. The van der Waals surface area contributed by atoms with Crippen molar-refractivity contribution in [2.75, 3.05) is 6.61 Å². The van der Waals surface area contributed by atoms with Crippen molar-refractivity contribution in [2.45, 2.75) is 31.9 Å². The molecule has 0 aromatic heterocycles. The molecule has 1 aliphatic carbocycles. The fraction of sp³-hybridized carbons (Fsp3) is 0.667. The van der Waals surface area contributed by atoms with E-state index in [0.29, 0.717) is 6.61 Å². The molecule has 0 aromatic rings. The predicted molar refractivity (Wildman–Crippen MR) is 45.9 cm³/mol. The molecule has 3 aliphatic rings. The van der Waals surface area contributed by atoms with Gasteiger partial charge >= 0.3 is 6.09 Å². The van der Waals surface area contributed by atoms with Gasteiger partial charge in [0.05, 0.1) is 12.6 Å². The minimum Gasteiger partial charge on any atom is -0.448 e. The van der Waals surface area contributed by atoms with E-state index in [2.05, 4.69) is 0 Å². The summed E-state index contributed by atoms with van der Waals surface area (Å²) in [5.74, 6) is 0. The third-order valence-electron chi connectivity index (χ3n) is 2.29. The molecule has 4 nitrogen and oxygen atoms in total. The molecule has 2 heterocycles. The smallest absolute Gasteiger partial charge is 0.434 e. The zero-order valence-electron chi connectivity index (χ0n) is 7.60. The monoisotopic (exact) mass is 183 g/mol. The number of carbonyl (C=O) groups is 1. The lowest BCUT2D eigenvalue weighted by Gasteiger charge is -2.39. The van der Waals surface area contributed by atoms with Crippen LogP contribution in [0.1, 0.15) is 19.8 Å². The molecule has 2 bridgehead atoms. The van der Waals surface area contributed by atoms with Gasteiger partial charge in [-0.2, -0.15) is 5.06 Å². The number of hydrogen-bond donors (Lipinski definition) is 0. The fourth-order valence-corrected chi connectivity index (χ4v) is 1.65. The summed E-state index contributed by atoms with van der Waals surface area (Å²) in [5, 5.41) is 1.34. The molecule has 72 valence electrons. The summed E-state index contributed by atoms with van der Waals surface area (Å²) < 4.78 is 4.86. The highest BCUT2D eigenvalue weighted by Crippen LogP contribution is 2.27. The molecule has 13 heavy (non-hydrogen) atoms. The van der Waals surface area contributed by atoms with Crippen molar-refractivity contribution in [2.24, 2.45) is 0 Å². The summed E-state index contributed by atoms with van der Waals surface area (Å²) in [6.45, 7) is 2.18. The molecule has 0 aromatic carbocycles. The number of carbonyl (C=O) groups excluding carboxylic acids is 1. The van der Waals surface area contributed by atoms with Gasteiger partial charge in [-0.25, -0.2) is 4.79 Å². The summed E-state index contributed by atoms with van der Waals surface area (Å²) >= 11 is 0. The fourth-order valence-electron chi connectivity index (χ4n) is 1.65. The topological polar surface area (TPSA) is 38.8 Å². The van der Waals surface area contributed by atoms with Crippen molar-refractivity contribution in [3.05, 3.63) is 12.2 Å². The number of ether oxygens (including phenoxy) is 1. The Bertz CT molecular complexity index is 239. The highest BCUT2D eigenvalue weighted by atomic mass is 16.7. The van der Waals surface area contributed by atoms with E-state index in [1.807, 2.05) is 12.2 Å². The van der Waals surface area contributed by atoms with Crippen LogP contribution in [0.15, 0.2) is 12.2 Å². The number of fused-ring (bicyclic) bond motifs is 2. The zero-order chi connectivity index (χ0) is 9.26. The Labute approximate surface area is 77.1 Å². The first-order valence-electron chi connectivity index (χ1n) is 4.62. The Morgan fingerprint density at radius 3 is 2.92 bits per heavy atom. The highest BCUT2D eigenvalue weighted by Gasteiger charge is 2.35. The van der Waals surface area contributed by atoms with Crippen LogP contribution in [0.4, 0.5) is 4.79 Å². The van der Waals surface area contributed by atoms with Gasteiger partial charge in [-0.15, -0.1) is 0 Å². The average molecular weight is 183 g/mol. The van der Waals surface area contributed by atoms with E-state index in [1.165, 1.54) is 5.06 Å². The molecular formula is C9H13NO3. The second-order valence-corrected chi connectivity index (χ2v) is 3.20. The van der Waals surface area contributed by atoms with Crippen molar-refractivity contribution in [3.8, 4) is 0 Å². The molecule has 0 unspecified atom stereocenters. The largest absolute Gasteiger partial charge is 0.448 e. The van der Waals surface area contributed by atoms with Gasteiger partial charge in [0.15, 0.2) is 0 Å². The van der Waals surface area contributed by atoms with Crippen molar-refractivity contribution in [1.82, 2.24) is 5.06 Å². The summed E-state index contributed by atoms with van der Waals surface area (Å²) in [6.07, 6.45) is 5.67. The van der Waals surface area contributed by atoms with Gasteiger partial charge in [0.25, 0.3) is 0 Å². The summed E-state index contributed by atoms with van der Waals surface area (Å²) in [4.78, 5) is 16.7. The second-order valence-electron chi connectivity index (χ2n) is 3.20. The lowest BCUT2D eigenvalue weighted by Crippen LogP contribution is -2.48. The Hall–Kier alpha value is -1.03. The van der Waals surface area contributed by atoms with Crippen LogP contribution >= 0.6 is 0 Å². The quantitative estimate of drug-likeness (QED) is 0.578. The summed E-state index contributed by atoms with van der Waals surface area (Å²) in [5.41, 5.74) is 0. The SMILES string of the molecule is CCOC(=O)N1O[C@H]2C=C[C@@H]1CC2. The van der Waals surface area contributed by atoms with Crippen LogP contribution in [0, 0.1) is 0 Å². The van der Waals surface area contributed by atoms with Gasteiger partial charge in [0.1, 0.15) is 6.10 Å². The van der Waals surface area contributed by atoms with Crippen molar-refractivity contribution in [3.63, 3.8) is 0 Å². The summed E-state index contributed by atoms with van der Waals surface area (Å²) in [7, 11) is 0. The first-order valence-corrected chi connectivity index (χ1v) is 4.62. The van der Waals surface area contributed by atoms with E-state index < -0.39 is 0 Å². The molecule has 0 N–H and O–H groups in total. The third kappa shape index (κ3) is 1.54. The first-order chi connectivity index (χ1) is 6.31. The van der Waals surface area contributed by atoms with E-state index in [1.54, 1.807) is 6.92 Å². The van der Waals surface area contributed by atoms with Gasteiger partial charge < -0.3 is 4.74 Å². The van der Waals surface area contributed by atoms with E-state index in [4.69, 9.17) is 9.57 Å². The van der Waals surface area contributed by atoms with Crippen LogP contribution < -0.4 is 0 Å². The number of nitrogens with zero attached hydrogens (tertiary/aromatic N) is 1. The molecule has 1 fully saturated rings. The Morgan fingerprint density at radius 1 is 1.62 bits per heavy atom. The van der Waals surface area contributed by atoms with Crippen molar-refractivity contribution in [1.29, 1.82) is 0 Å². The lowest BCUT2D eigenvalue weighted by atomic mass is 9.99. The molecule has 4 heteroatoms. The predicted octanol–water partition coefficient (Wildman–Crippen LogP) is 1.48. The van der Waals surface area contributed by atoms with E-state index in [0.717, 1.165) is 12.8 Å². The van der Waals surface area contributed by atoms with Gasteiger partial charge in [-0.3, -0.25) is 4.84 Å². The molecule has 3 rings (SSSR count). The maximum Gasteiger partial charge on any atom is 0.434 e. The minimum absolute atomic E-state index is 0.0643.